The van der Waals surface area contributed by atoms with E-state index in [4.69, 9.17) is 5.10 Å². The summed E-state index contributed by atoms with van der Waals surface area (Å²) in [6.45, 7) is 10.3. The van der Waals surface area contributed by atoms with Gasteiger partial charge >= 0.3 is 6.03 Å². The average molecular weight is 566 g/mol. The summed E-state index contributed by atoms with van der Waals surface area (Å²) in [6, 6.07) is 17.6. The highest BCUT2D eigenvalue weighted by Crippen LogP contribution is 2.47. The molecule has 1 aliphatic heterocycles. The molecular weight excluding hydrogens is 522 g/mol. The summed E-state index contributed by atoms with van der Waals surface area (Å²) in [5.41, 5.74) is 4.52. The summed E-state index contributed by atoms with van der Waals surface area (Å²) in [5.74, 6) is 2.40. The lowest BCUT2D eigenvalue weighted by molar-refractivity contribution is -0.126. The van der Waals surface area contributed by atoms with Crippen LogP contribution in [0.15, 0.2) is 66.7 Å². The van der Waals surface area contributed by atoms with Crippen molar-refractivity contribution < 1.29 is 9.59 Å². The Morgan fingerprint density at radius 2 is 1.67 bits per heavy atom. The van der Waals surface area contributed by atoms with Gasteiger partial charge in [-0.3, -0.25) is 10.1 Å². The fourth-order valence-electron chi connectivity index (χ4n) is 6.96. The van der Waals surface area contributed by atoms with E-state index >= 15 is 0 Å². The van der Waals surface area contributed by atoms with Crippen LogP contribution in [-0.4, -0.2) is 34.7 Å². The number of urea groups is 1. The van der Waals surface area contributed by atoms with Crippen molar-refractivity contribution in [2.75, 3.05) is 23.7 Å². The maximum absolute atomic E-state index is 14.0. The maximum Gasteiger partial charge on any atom is 0.324 e. The number of hydrogen-bond acceptors (Lipinski definition) is 4. The summed E-state index contributed by atoms with van der Waals surface area (Å²) in [5, 5.41) is 14.3. The van der Waals surface area contributed by atoms with E-state index in [1.165, 1.54) is 0 Å². The lowest BCUT2D eigenvalue weighted by Crippen LogP contribution is -2.36. The normalized spacial score (nSPS) is 22.7. The molecular formula is C35H43N5O2. The molecule has 2 aromatic carbocycles. The second-order valence-electron chi connectivity index (χ2n) is 13.5. The summed E-state index contributed by atoms with van der Waals surface area (Å²) in [6.07, 6.45) is 8.74. The fourth-order valence-corrected chi connectivity index (χ4v) is 6.96. The lowest BCUT2D eigenvalue weighted by atomic mass is 9.72. The van der Waals surface area contributed by atoms with E-state index in [9.17, 15) is 9.59 Å². The molecule has 2 heterocycles. The highest BCUT2D eigenvalue weighted by Gasteiger charge is 2.44. The number of benzene rings is 2. The Balaban J connectivity index is 1.19. The van der Waals surface area contributed by atoms with Gasteiger partial charge in [-0.1, -0.05) is 62.8 Å². The minimum absolute atomic E-state index is 0.0904. The zero-order valence-corrected chi connectivity index (χ0v) is 25.2. The molecule has 1 aromatic heterocycles. The Morgan fingerprint density at radius 1 is 0.952 bits per heavy atom. The maximum atomic E-state index is 14.0. The van der Waals surface area contributed by atoms with E-state index in [0.29, 0.717) is 35.0 Å². The number of ketones is 1. The Bertz CT molecular complexity index is 1460. The number of nitrogens with zero attached hydrogens (tertiary/aromatic N) is 2. The van der Waals surface area contributed by atoms with Gasteiger partial charge in [0.1, 0.15) is 11.6 Å². The quantitative estimate of drug-likeness (QED) is 0.270. The Labute approximate surface area is 249 Å². The van der Waals surface area contributed by atoms with Crippen molar-refractivity contribution in [1.29, 1.82) is 0 Å². The van der Waals surface area contributed by atoms with Gasteiger partial charge in [-0.15, -0.1) is 0 Å². The van der Waals surface area contributed by atoms with Crippen LogP contribution in [0, 0.1) is 30.6 Å². The number of rotatable bonds is 7. The number of carbonyl (C=O) groups excluding carboxylic acids is 2. The number of aromatic nitrogens is 2. The smallest absolute Gasteiger partial charge is 0.317 e. The van der Waals surface area contributed by atoms with Crippen LogP contribution in [0.5, 0.6) is 0 Å². The predicted molar refractivity (Wildman–Crippen MR) is 168 cm³/mol. The number of amides is 2. The number of fused-ring (bicyclic) bond motifs is 2. The molecule has 0 spiro atoms. The van der Waals surface area contributed by atoms with Crippen LogP contribution in [0.2, 0.25) is 0 Å². The van der Waals surface area contributed by atoms with Crippen molar-refractivity contribution in [2.45, 2.75) is 64.7 Å². The molecule has 3 aliphatic rings. The number of piperidine rings is 1. The van der Waals surface area contributed by atoms with Gasteiger partial charge in [-0.25, -0.2) is 9.48 Å². The number of aryl methyl sites for hydroxylation is 1. The van der Waals surface area contributed by atoms with Crippen molar-refractivity contribution in [3.63, 3.8) is 0 Å². The highest BCUT2D eigenvalue weighted by molar-refractivity contribution is 5.99. The van der Waals surface area contributed by atoms with Crippen LogP contribution in [0.4, 0.5) is 16.3 Å². The van der Waals surface area contributed by atoms with Gasteiger partial charge in [0, 0.05) is 29.0 Å². The molecule has 42 heavy (non-hydrogen) atoms. The molecule has 7 heteroatoms. The first kappa shape index (κ1) is 28.4. The van der Waals surface area contributed by atoms with E-state index < -0.39 is 0 Å². The number of hydrogen-bond donors (Lipinski definition) is 3. The van der Waals surface area contributed by atoms with Crippen molar-refractivity contribution in [3.8, 4) is 5.69 Å². The molecule has 1 saturated carbocycles. The summed E-state index contributed by atoms with van der Waals surface area (Å²) in [4.78, 5) is 27.2. The number of anilines is 2. The van der Waals surface area contributed by atoms with Crippen LogP contribution < -0.4 is 16.0 Å². The molecule has 1 saturated heterocycles. The van der Waals surface area contributed by atoms with Gasteiger partial charge in [0.15, 0.2) is 0 Å². The zero-order valence-electron chi connectivity index (χ0n) is 25.2. The minimum atomic E-state index is -0.337. The first-order valence-electron chi connectivity index (χ1n) is 15.4. The van der Waals surface area contributed by atoms with Crippen molar-refractivity contribution in [1.82, 2.24) is 15.1 Å². The third kappa shape index (κ3) is 5.93. The van der Waals surface area contributed by atoms with Crippen LogP contribution in [0.25, 0.3) is 5.69 Å². The fraction of sp³-hybridized carbons (Fsp3) is 0.457. The molecule has 2 fully saturated rings. The largest absolute Gasteiger partial charge is 0.324 e. The number of carbonyl (C=O) groups is 2. The topological polar surface area (TPSA) is 88.1 Å². The summed E-state index contributed by atoms with van der Waals surface area (Å²) >= 11 is 0. The van der Waals surface area contributed by atoms with E-state index in [2.05, 4.69) is 48.9 Å². The molecule has 7 nitrogen and oxygen atoms in total. The molecule has 2 bridgehead atoms. The van der Waals surface area contributed by atoms with Gasteiger partial charge in [-0.05, 0) is 93.3 Å². The number of allylic oxidation sites excluding steroid dienone is 2. The number of nitrogens with one attached hydrogen (secondary N) is 3. The Kier molecular flexibility index (Phi) is 7.79. The van der Waals surface area contributed by atoms with Crippen molar-refractivity contribution in [3.05, 3.63) is 83.6 Å². The standard InChI is InChI=1S/C35H43N5O2/c1-22-5-13-28(14-6-22)40-31(21-30(39-40)35(2,3)4)38-34(42)37-27-11-9-24(10-12-27)32(25-15-17-36-18-16-25)33(41)29-20-23-7-8-26(29)19-23/h5-14,21,23,25-26,29,32,36H,15-20H2,1-4H3,(H2,37,38,42). The molecule has 3 N–H and O–H groups in total. The van der Waals surface area contributed by atoms with Gasteiger partial charge in [-0.2, -0.15) is 5.10 Å². The van der Waals surface area contributed by atoms with E-state index in [1.807, 2.05) is 61.5 Å². The van der Waals surface area contributed by atoms with Gasteiger partial charge in [0.2, 0.25) is 0 Å². The molecule has 2 aliphatic carbocycles. The average Bonchev–Trinajstić information content (AvgIpc) is 3.72. The van der Waals surface area contributed by atoms with E-state index in [0.717, 1.165) is 61.3 Å². The Hall–Kier alpha value is -3.71. The SMILES string of the molecule is Cc1ccc(-n2nc(C(C)(C)C)cc2NC(=O)Nc2ccc(C(C(=O)C3CC4C=CC3C4)C3CCNCC3)cc2)cc1. The van der Waals surface area contributed by atoms with Crippen LogP contribution in [-0.2, 0) is 10.2 Å². The molecule has 4 unspecified atom stereocenters. The van der Waals surface area contributed by atoms with Crippen LogP contribution >= 0.6 is 0 Å². The van der Waals surface area contributed by atoms with Gasteiger partial charge in [0.25, 0.3) is 0 Å². The van der Waals surface area contributed by atoms with Gasteiger partial charge in [0.05, 0.1) is 11.4 Å². The molecule has 0 radical (unpaired) electrons. The first-order valence-corrected chi connectivity index (χ1v) is 15.4. The van der Waals surface area contributed by atoms with Crippen LogP contribution in [0.3, 0.4) is 0 Å². The molecule has 220 valence electrons. The van der Waals surface area contributed by atoms with Crippen LogP contribution in [0.1, 0.15) is 69.2 Å². The molecule has 2 amide bonds. The minimum Gasteiger partial charge on any atom is -0.317 e. The number of Topliss-reactive ketones (excluding diaryl/α,β-unsaturated/α-hetero) is 1. The Morgan fingerprint density at radius 3 is 2.29 bits per heavy atom. The lowest BCUT2D eigenvalue weighted by Gasteiger charge is -2.33. The van der Waals surface area contributed by atoms with Crippen molar-refractivity contribution in [2.24, 2.45) is 23.7 Å². The highest BCUT2D eigenvalue weighted by atomic mass is 16.2. The van der Waals surface area contributed by atoms with Gasteiger partial charge < -0.3 is 10.6 Å². The molecule has 6 rings (SSSR count). The third-order valence-corrected chi connectivity index (χ3v) is 9.33. The van der Waals surface area contributed by atoms with E-state index in [-0.39, 0.29) is 23.3 Å². The first-order chi connectivity index (χ1) is 20.2. The monoisotopic (exact) mass is 565 g/mol. The van der Waals surface area contributed by atoms with E-state index in [1.54, 1.807) is 4.68 Å². The second-order valence-corrected chi connectivity index (χ2v) is 13.5. The molecule has 4 atom stereocenters. The second kappa shape index (κ2) is 11.5. The zero-order chi connectivity index (χ0) is 29.4. The molecule has 3 aromatic rings. The summed E-state index contributed by atoms with van der Waals surface area (Å²) in [7, 11) is 0. The summed E-state index contributed by atoms with van der Waals surface area (Å²) < 4.78 is 1.78. The third-order valence-electron chi connectivity index (χ3n) is 9.33. The van der Waals surface area contributed by atoms with Crippen molar-refractivity contribution >= 4 is 23.3 Å². The predicted octanol–water partition coefficient (Wildman–Crippen LogP) is 6.99.